The van der Waals surface area contributed by atoms with Crippen molar-refractivity contribution < 1.29 is 4.39 Å². The molecule has 1 aromatic rings. The van der Waals surface area contributed by atoms with Crippen LogP contribution in [0.3, 0.4) is 0 Å². The zero-order chi connectivity index (χ0) is 10.8. The molecule has 0 unspecified atom stereocenters. The molecule has 1 aliphatic rings. The summed E-state index contributed by atoms with van der Waals surface area (Å²) < 4.78 is 13.7. The number of benzene rings is 1. The lowest BCUT2D eigenvalue weighted by Gasteiger charge is -2.36. The van der Waals surface area contributed by atoms with Gasteiger partial charge in [-0.15, -0.1) is 12.4 Å². The molecule has 1 atom stereocenters. The van der Waals surface area contributed by atoms with Gasteiger partial charge >= 0.3 is 0 Å². The summed E-state index contributed by atoms with van der Waals surface area (Å²) >= 11 is 5.72. The van der Waals surface area contributed by atoms with Crippen molar-refractivity contribution >= 4 is 29.7 Å². The summed E-state index contributed by atoms with van der Waals surface area (Å²) in [5, 5.41) is 3.72. The fraction of sp³-hybridized carbons (Fsp3) is 0.455. The van der Waals surface area contributed by atoms with E-state index in [9.17, 15) is 4.39 Å². The van der Waals surface area contributed by atoms with Gasteiger partial charge in [0.1, 0.15) is 5.82 Å². The van der Waals surface area contributed by atoms with Gasteiger partial charge in [0.05, 0.1) is 5.69 Å². The molecule has 1 aliphatic heterocycles. The number of piperazine rings is 1. The van der Waals surface area contributed by atoms with Crippen LogP contribution in [-0.4, -0.2) is 25.7 Å². The van der Waals surface area contributed by atoms with Gasteiger partial charge in [-0.25, -0.2) is 4.39 Å². The predicted molar refractivity (Wildman–Crippen MR) is 68.3 cm³/mol. The van der Waals surface area contributed by atoms with E-state index in [1.165, 1.54) is 6.07 Å². The van der Waals surface area contributed by atoms with Crippen molar-refractivity contribution in [2.75, 3.05) is 24.5 Å². The largest absolute Gasteiger partial charge is 0.364 e. The van der Waals surface area contributed by atoms with E-state index in [2.05, 4.69) is 17.1 Å². The Hall–Kier alpha value is -0.510. The van der Waals surface area contributed by atoms with Crippen molar-refractivity contribution in [1.82, 2.24) is 5.32 Å². The number of nitrogens with one attached hydrogen (secondary N) is 1. The summed E-state index contributed by atoms with van der Waals surface area (Å²) in [6.45, 7) is 4.70. The zero-order valence-corrected chi connectivity index (χ0v) is 10.6. The third-order valence-electron chi connectivity index (χ3n) is 2.72. The van der Waals surface area contributed by atoms with E-state index in [0.29, 0.717) is 16.8 Å². The Labute approximate surface area is 106 Å². The Kier molecular flexibility index (Phi) is 4.84. The Balaban J connectivity index is 0.00000128. The number of anilines is 1. The molecule has 1 heterocycles. The van der Waals surface area contributed by atoms with Crippen molar-refractivity contribution in [3.63, 3.8) is 0 Å². The topological polar surface area (TPSA) is 15.3 Å². The van der Waals surface area contributed by atoms with Gasteiger partial charge in [0, 0.05) is 30.7 Å². The smallest absolute Gasteiger partial charge is 0.147 e. The minimum Gasteiger partial charge on any atom is -0.364 e. The van der Waals surface area contributed by atoms with Crippen molar-refractivity contribution in [2.45, 2.75) is 13.0 Å². The van der Waals surface area contributed by atoms with Crippen LogP contribution in [0.4, 0.5) is 10.1 Å². The molecule has 2 rings (SSSR count). The molecule has 0 radical (unpaired) electrons. The van der Waals surface area contributed by atoms with E-state index in [1.54, 1.807) is 12.1 Å². The first-order valence-corrected chi connectivity index (χ1v) is 5.48. The molecule has 0 bridgehead atoms. The first-order valence-electron chi connectivity index (χ1n) is 5.11. The summed E-state index contributed by atoms with van der Waals surface area (Å²) in [4.78, 5) is 2.07. The van der Waals surface area contributed by atoms with E-state index in [0.717, 1.165) is 19.6 Å². The Morgan fingerprint density at radius 2 is 2.25 bits per heavy atom. The first-order chi connectivity index (χ1) is 7.18. The second-order valence-electron chi connectivity index (χ2n) is 3.84. The predicted octanol–water partition coefficient (Wildman–Crippen LogP) is 2.70. The van der Waals surface area contributed by atoms with Gasteiger partial charge in [-0.05, 0) is 25.1 Å². The molecule has 0 aliphatic carbocycles. The molecular formula is C11H15Cl2FN2. The van der Waals surface area contributed by atoms with Gasteiger partial charge < -0.3 is 10.2 Å². The van der Waals surface area contributed by atoms with Crippen LogP contribution in [0.2, 0.25) is 5.02 Å². The molecular weight excluding hydrogens is 250 g/mol. The first kappa shape index (κ1) is 13.6. The molecule has 1 N–H and O–H groups in total. The molecule has 1 fully saturated rings. The molecule has 16 heavy (non-hydrogen) atoms. The highest BCUT2D eigenvalue weighted by Crippen LogP contribution is 2.24. The summed E-state index contributed by atoms with van der Waals surface area (Å²) in [6, 6.07) is 5.16. The molecule has 0 saturated carbocycles. The third kappa shape index (κ3) is 2.78. The van der Waals surface area contributed by atoms with Crippen molar-refractivity contribution in [3.8, 4) is 0 Å². The van der Waals surface area contributed by atoms with Crippen LogP contribution in [0, 0.1) is 5.82 Å². The van der Waals surface area contributed by atoms with Crippen molar-refractivity contribution in [3.05, 3.63) is 29.0 Å². The van der Waals surface area contributed by atoms with Crippen molar-refractivity contribution in [2.24, 2.45) is 0 Å². The van der Waals surface area contributed by atoms with Gasteiger partial charge in [-0.2, -0.15) is 0 Å². The van der Waals surface area contributed by atoms with Crippen LogP contribution in [0.25, 0.3) is 0 Å². The molecule has 0 spiro atoms. The Bertz CT molecular complexity index is 360. The van der Waals surface area contributed by atoms with Gasteiger partial charge in [0.15, 0.2) is 0 Å². The number of hydrogen-bond acceptors (Lipinski definition) is 2. The van der Waals surface area contributed by atoms with E-state index in [4.69, 9.17) is 11.6 Å². The Morgan fingerprint density at radius 1 is 1.50 bits per heavy atom. The molecule has 90 valence electrons. The fourth-order valence-corrected chi connectivity index (χ4v) is 2.07. The fourth-order valence-electron chi connectivity index (χ4n) is 1.91. The average molecular weight is 265 g/mol. The van der Waals surface area contributed by atoms with Gasteiger partial charge in [0.2, 0.25) is 0 Å². The van der Waals surface area contributed by atoms with Crippen LogP contribution in [0.1, 0.15) is 6.92 Å². The summed E-state index contributed by atoms with van der Waals surface area (Å²) in [6.07, 6.45) is 0. The molecule has 1 aromatic carbocycles. The van der Waals surface area contributed by atoms with E-state index in [-0.39, 0.29) is 18.2 Å². The van der Waals surface area contributed by atoms with Crippen LogP contribution < -0.4 is 10.2 Å². The van der Waals surface area contributed by atoms with E-state index >= 15 is 0 Å². The number of halogens is 3. The van der Waals surface area contributed by atoms with E-state index < -0.39 is 0 Å². The average Bonchev–Trinajstić information content (AvgIpc) is 2.20. The van der Waals surface area contributed by atoms with Crippen LogP contribution in [0.15, 0.2) is 18.2 Å². The summed E-state index contributed by atoms with van der Waals surface area (Å²) in [5.41, 5.74) is 0.647. The zero-order valence-electron chi connectivity index (χ0n) is 9.04. The maximum Gasteiger partial charge on any atom is 0.147 e. The van der Waals surface area contributed by atoms with Gasteiger partial charge in [-0.3, -0.25) is 0 Å². The lowest BCUT2D eigenvalue weighted by molar-refractivity contribution is 0.491. The number of rotatable bonds is 1. The highest BCUT2D eigenvalue weighted by Gasteiger charge is 2.20. The van der Waals surface area contributed by atoms with Crippen LogP contribution >= 0.6 is 24.0 Å². The molecule has 0 aromatic heterocycles. The minimum atomic E-state index is -0.240. The highest BCUT2D eigenvalue weighted by molar-refractivity contribution is 6.30. The second kappa shape index (κ2) is 5.71. The second-order valence-corrected chi connectivity index (χ2v) is 4.28. The quantitative estimate of drug-likeness (QED) is 0.839. The molecule has 5 heteroatoms. The van der Waals surface area contributed by atoms with Gasteiger partial charge in [-0.1, -0.05) is 11.6 Å². The van der Waals surface area contributed by atoms with Crippen LogP contribution in [0.5, 0.6) is 0 Å². The normalized spacial score (nSPS) is 20.4. The Morgan fingerprint density at radius 3 is 2.88 bits per heavy atom. The minimum absolute atomic E-state index is 0. The number of nitrogens with zero attached hydrogens (tertiary/aromatic N) is 1. The third-order valence-corrected chi connectivity index (χ3v) is 2.96. The standard InChI is InChI=1S/C11H14ClFN2.ClH/c1-8-7-14-4-5-15(8)11-3-2-9(12)6-10(11)13;/h2-3,6,8,14H,4-5,7H2,1H3;1H/t8-;/m0./s1. The lowest BCUT2D eigenvalue weighted by Crippen LogP contribution is -2.50. The maximum atomic E-state index is 13.7. The van der Waals surface area contributed by atoms with Crippen LogP contribution in [-0.2, 0) is 0 Å². The number of hydrogen-bond donors (Lipinski definition) is 1. The monoisotopic (exact) mass is 264 g/mol. The van der Waals surface area contributed by atoms with Crippen molar-refractivity contribution in [1.29, 1.82) is 0 Å². The highest BCUT2D eigenvalue weighted by atomic mass is 35.5. The maximum absolute atomic E-state index is 13.7. The van der Waals surface area contributed by atoms with Gasteiger partial charge in [0.25, 0.3) is 0 Å². The summed E-state index contributed by atoms with van der Waals surface area (Å²) in [7, 11) is 0. The molecule has 2 nitrogen and oxygen atoms in total. The SMILES string of the molecule is C[C@H]1CNCCN1c1ccc(Cl)cc1F.Cl. The van der Waals surface area contributed by atoms with E-state index in [1.807, 2.05) is 0 Å². The molecule has 0 amide bonds. The summed E-state index contributed by atoms with van der Waals surface area (Å²) in [5.74, 6) is -0.240. The molecule has 1 saturated heterocycles. The lowest BCUT2D eigenvalue weighted by atomic mass is 10.1.